The molecular formula is C21H20Ti. The quantitative estimate of drug-likeness (QED) is 0.318. The first-order valence-corrected chi connectivity index (χ1v) is 6.67. The summed E-state index contributed by atoms with van der Waals surface area (Å²) in [5, 5.41) is 5.37. The summed E-state index contributed by atoms with van der Waals surface area (Å²) in [7, 11) is 0. The first kappa shape index (κ1) is 18.4. The molecule has 0 aromatic heterocycles. The van der Waals surface area contributed by atoms with E-state index >= 15 is 0 Å². The van der Waals surface area contributed by atoms with Gasteiger partial charge in [-0.1, -0.05) is 12.1 Å². The molecule has 0 saturated heterocycles. The van der Waals surface area contributed by atoms with E-state index in [0.717, 1.165) is 6.42 Å². The minimum absolute atomic E-state index is 0. The van der Waals surface area contributed by atoms with Gasteiger partial charge in [-0.25, -0.2) is 0 Å². The van der Waals surface area contributed by atoms with Crippen molar-refractivity contribution in [1.29, 1.82) is 0 Å². The van der Waals surface area contributed by atoms with Gasteiger partial charge in [-0.15, -0.1) is 81.2 Å². The molecule has 0 fully saturated rings. The summed E-state index contributed by atoms with van der Waals surface area (Å²) in [6, 6.07) is 26.3. The molecule has 0 amide bonds. The topological polar surface area (TPSA) is 0 Å². The van der Waals surface area contributed by atoms with E-state index in [2.05, 4.69) is 72.8 Å². The Kier molecular flexibility index (Phi) is 6.35. The molecule has 0 heterocycles. The van der Waals surface area contributed by atoms with Gasteiger partial charge in [0, 0.05) is 0 Å². The van der Waals surface area contributed by atoms with Crippen LogP contribution in [0.3, 0.4) is 0 Å². The van der Waals surface area contributed by atoms with Gasteiger partial charge in [0.25, 0.3) is 0 Å². The molecule has 4 rings (SSSR count). The molecule has 0 bridgehead atoms. The van der Waals surface area contributed by atoms with Crippen LogP contribution in [0.2, 0.25) is 0 Å². The van der Waals surface area contributed by atoms with Crippen molar-refractivity contribution in [1.82, 2.24) is 0 Å². The normalized spacial score (nSPS) is 9.82. The van der Waals surface area contributed by atoms with Crippen molar-refractivity contribution >= 4 is 21.5 Å². The molecular weight excluding hydrogens is 300 g/mol. The second-order valence-electron chi connectivity index (χ2n) is 5.16. The van der Waals surface area contributed by atoms with Gasteiger partial charge >= 0.3 is 21.7 Å². The Morgan fingerprint density at radius 2 is 1.05 bits per heavy atom. The molecule has 0 unspecified atom stereocenters. The first-order valence-electron chi connectivity index (χ1n) is 6.67. The maximum absolute atomic E-state index is 2.30. The molecule has 4 aromatic carbocycles. The largest absolute Gasteiger partial charge is 4.00 e. The minimum Gasteiger partial charge on any atom is -0.358 e. The van der Waals surface area contributed by atoms with Crippen molar-refractivity contribution in [3.8, 4) is 0 Å². The first-order chi connectivity index (χ1) is 9.38. The third-order valence-corrected chi connectivity index (χ3v) is 3.76. The van der Waals surface area contributed by atoms with Gasteiger partial charge < -0.3 is 14.9 Å². The fourth-order valence-corrected chi connectivity index (χ4v) is 2.87. The van der Waals surface area contributed by atoms with E-state index in [1.807, 2.05) is 0 Å². The van der Waals surface area contributed by atoms with Gasteiger partial charge in [-0.3, -0.25) is 0 Å². The maximum Gasteiger partial charge on any atom is 4.00 e. The van der Waals surface area contributed by atoms with Crippen molar-refractivity contribution in [3.05, 3.63) is 98.8 Å². The maximum atomic E-state index is 2.30. The van der Waals surface area contributed by atoms with Gasteiger partial charge in [0.1, 0.15) is 0 Å². The fourth-order valence-electron chi connectivity index (χ4n) is 2.87. The van der Waals surface area contributed by atoms with E-state index in [0.29, 0.717) is 0 Å². The summed E-state index contributed by atoms with van der Waals surface area (Å²) in [4.78, 5) is 0. The van der Waals surface area contributed by atoms with E-state index < -0.39 is 0 Å². The molecule has 108 valence electrons. The van der Waals surface area contributed by atoms with Crippen LogP contribution >= 0.6 is 0 Å². The monoisotopic (exact) mass is 320 g/mol. The van der Waals surface area contributed by atoms with Crippen LogP contribution in [-0.2, 0) is 28.1 Å². The number of rotatable bonds is 2. The molecule has 0 N–H and O–H groups in total. The van der Waals surface area contributed by atoms with Gasteiger partial charge in [-0.2, -0.15) is 12.1 Å². The predicted molar refractivity (Wildman–Crippen MR) is 94.7 cm³/mol. The van der Waals surface area contributed by atoms with Crippen LogP contribution < -0.4 is 0 Å². The Balaban J connectivity index is 0.000000807. The van der Waals surface area contributed by atoms with Crippen LogP contribution in [0.5, 0.6) is 0 Å². The van der Waals surface area contributed by atoms with E-state index in [9.17, 15) is 0 Å². The second-order valence-corrected chi connectivity index (χ2v) is 5.16. The van der Waals surface area contributed by atoms with Crippen molar-refractivity contribution in [2.45, 2.75) is 6.42 Å². The van der Waals surface area contributed by atoms with Gasteiger partial charge in [-0.05, 0) is 6.42 Å². The summed E-state index contributed by atoms with van der Waals surface area (Å²) >= 11 is 0. The van der Waals surface area contributed by atoms with Crippen LogP contribution in [-0.4, -0.2) is 0 Å². The Morgan fingerprint density at radius 3 is 1.45 bits per heavy atom. The van der Waals surface area contributed by atoms with Crippen LogP contribution in [0.15, 0.2) is 72.8 Å². The summed E-state index contributed by atoms with van der Waals surface area (Å²) in [6.07, 6.45) is 1.02. The van der Waals surface area contributed by atoms with Gasteiger partial charge in [0.15, 0.2) is 0 Å². The SMILES string of the molecule is [CH3-].[CH3-].[Ti+4].c1ccc2[cH-]c(Cc3cc4ccccc4[cH-]3)cc2c1. The Labute approximate surface area is 148 Å². The van der Waals surface area contributed by atoms with E-state index in [-0.39, 0.29) is 36.6 Å². The van der Waals surface area contributed by atoms with Crippen LogP contribution in [0, 0.1) is 14.9 Å². The van der Waals surface area contributed by atoms with E-state index in [1.54, 1.807) is 0 Å². The summed E-state index contributed by atoms with van der Waals surface area (Å²) in [5.41, 5.74) is 2.80. The molecule has 0 radical (unpaired) electrons. The average Bonchev–Trinajstić information content (AvgIpc) is 3.00. The number of fused-ring (bicyclic) bond motifs is 2. The molecule has 0 aliphatic rings. The summed E-state index contributed by atoms with van der Waals surface area (Å²) < 4.78 is 0. The standard InChI is InChI=1S/C19H14.2CH3.Ti/c1-2-6-17-11-14(10-16(17)5-1)9-15-12-18-7-3-4-8-19(18)13-15;;;/h1-8,10-13H,9H2;2*1H3;/q-2;2*-1;+4. The van der Waals surface area contributed by atoms with Crippen molar-refractivity contribution < 1.29 is 21.7 Å². The molecule has 0 atom stereocenters. The molecule has 22 heavy (non-hydrogen) atoms. The van der Waals surface area contributed by atoms with E-state index in [4.69, 9.17) is 0 Å². The Hall–Kier alpha value is -1.63. The molecule has 0 spiro atoms. The third-order valence-electron chi connectivity index (χ3n) is 3.76. The Bertz CT molecular complexity index is 710. The average molecular weight is 320 g/mol. The second kappa shape index (κ2) is 7.58. The molecule has 0 saturated carbocycles. The van der Waals surface area contributed by atoms with Gasteiger partial charge in [0.05, 0.1) is 0 Å². The smallest absolute Gasteiger partial charge is 0.358 e. The molecule has 0 aliphatic carbocycles. The molecule has 1 heteroatoms. The zero-order valence-electron chi connectivity index (χ0n) is 13.1. The Morgan fingerprint density at radius 1 is 0.636 bits per heavy atom. The number of benzene rings is 2. The molecule has 4 aromatic rings. The summed E-state index contributed by atoms with van der Waals surface area (Å²) in [6.45, 7) is 0. The van der Waals surface area contributed by atoms with Crippen LogP contribution in [0.4, 0.5) is 0 Å². The van der Waals surface area contributed by atoms with Crippen molar-refractivity contribution in [2.75, 3.05) is 0 Å². The van der Waals surface area contributed by atoms with E-state index in [1.165, 1.54) is 32.7 Å². The van der Waals surface area contributed by atoms with Crippen molar-refractivity contribution in [2.24, 2.45) is 0 Å². The van der Waals surface area contributed by atoms with Crippen LogP contribution in [0.25, 0.3) is 21.5 Å². The zero-order chi connectivity index (χ0) is 12.7. The molecule has 0 nitrogen and oxygen atoms in total. The summed E-state index contributed by atoms with van der Waals surface area (Å²) in [5.74, 6) is 0. The predicted octanol–water partition coefficient (Wildman–Crippen LogP) is 5.92. The number of hydrogen-bond acceptors (Lipinski definition) is 0. The third kappa shape index (κ3) is 3.40. The number of hydrogen-bond donors (Lipinski definition) is 0. The van der Waals surface area contributed by atoms with Gasteiger partial charge in [0.2, 0.25) is 0 Å². The van der Waals surface area contributed by atoms with Crippen molar-refractivity contribution in [3.63, 3.8) is 0 Å². The zero-order valence-corrected chi connectivity index (χ0v) is 14.7. The molecule has 0 aliphatic heterocycles. The van der Waals surface area contributed by atoms with Crippen LogP contribution in [0.1, 0.15) is 11.1 Å². The fraction of sp³-hybridized carbons (Fsp3) is 0.0476. The minimum atomic E-state index is 0.